The van der Waals surface area contributed by atoms with Crippen LogP contribution in [0.15, 0.2) is 47.6 Å². The summed E-state index contributed by atoms with van der Waals surface area (Å²) >= 11 is 1.39. The summed E-state index contributed by atoms with van der Waals surface area (Å²) in [5.74, 6) is 2.12. The van der Waals surface area contributed by atoms with Crippen LogP contribution in [0, 0.1) is 13.8 Å². The topological polar surface area (TPSA) is 130 Å². The quantitative estimate of drug-likeness (QED) is 0.418. The number of para-hydroxylation sites is 1. The van der Waals surface area contributed by atoms with Crippen molar-refractivity contribution in [3.05, 3.63) is 59.4 Å². The number of nitrogen functional groups attached to an aromatic ring is 1. The van der Waals surface area contributed by atoms with Gasteiger partial charge in [0.05, 0.1) is 12.9 Å². The molecule has 0 saturated carbocycles. The van der Waals surface area contributed by atoms with Crippen molar-refractivity contribution in [1.29, 1.82) is 0 Å². The molecule has 0 saturated heterocycles. The number of nitrogens with two attached hydrogens (primary N) is 1. The molecule has 31 heavy (non-hydrogen) atoms. The molecule has 0 unspecified atom stereocenters. The molecule has 3 N–H and O–H groups in total. The first-order chi connectivity index (χ1) is 15.0. The maximum Gasteiger partial charge on any atom is 0.232 e. The van der Waals surface area contributed by atoms with Gasteiger partial charge in [-0.1, -0.05) is 36.0 Å². The summed E-state index contributed by atoms with van der Waals surface area (Å²) in [4.78, 5) is 12.9. The predicted octanol–water partition coefficient (Wildman–Crippen LogP) is 3.09. The van der Waals surface area contributed by atoms with Crippen LogP contribution in [0.1, 0.15) is 17.0 Å². The molecule has 0 amide bonds. The number of aryl methyl sites for hydroxylation is 2. The van der Waals surface area contributed by atoms with E-state index in [9.17, 15) is 0 Å². The molecule has 11 heteroatoms. The molecule has 2 aromatic heterocycles. The van der Waals surface area contributed by atoms with Crippen LogP contribution in [0.25, 0.3) is 5.69 Å². The molecule has 10 nitrogen and oxygen atoms in total. The van der Waals surface area contributed by atoms with Gasteiger partial charge in [-0.05, 0) is 53.6 Å². The number of hydrogen-bond donors (Lipinski definition) is 2. The molecule has 0 atom stereocenters. The Balaban J connectivity index is 1.55. The van der Waals surface area contributed by atoms with Crippen molar-refractivity contribution in [2.75, 3.05) is 18.2 Å². The Kier molecular flexibility index (Phi) is 5.94. The Hall–Kier alpha value is -3.73. The van der Waals surface area contributed by atoms with E-state index in [0.717, 1.165) is 22.5 Å². The van der Waals surface area contributed by atoms with E-state index in [-0.39, 0.29) is 5.95 Å². The lowest BCUT2D eigenvalue weighted by molar-refractivity contribution is 0.410. The number of rotatable bonds is 7. The Morgan fingerprint density at radius 3 is 2.74 bits per heavy atom. The van der Waals surface area contributed by atoms with Gasteiger partial charge in [-0.3, -0.25) is 0 Å². The fraction of sp³-hybridized carbons (Fsp3) is 0.200. The van der Waals surface area contributed by atoms with Crippen molar-refractivity contribution in [2.45, 2.75) is 24.8 Å². The minimum absolute atomic E-state index is 0.140. The second-order valence-corrected chi connectivity index (χ2v) is 7.65. The molecule has 4 aromatic rings. The largest absolute Gasteiger partial charge is 0.494 e. The highest BCUT2D eigenvalue weighted by molar-refractivity contribution is 7.98. The molecule has 0 bridgehead atoms. The van der Waals surface area contributed by atoms with Gasteiger partial charge in [0.15, 0.2) is 0 Å². The summed E-state index contributed by atoms with van der Waals surface area (Å²) in [6.45, 7) is 4.00. The number of ether oxygens (including phenoxy) is 1. The second kappa shape index (κ2) is 8.96. The maximum atomic E-state index is 5.90. The first kappa shape index (κ1) is 20.5. The summed E-state index contributed by atoms with van der Waals surface area (Å²) in [5.41, 5.74) is 9.71. The lowest BCUT2D eigenvalue weighted by atomic mass is 10.2. The summed E-state index contributed by atoms with van der Waals surface area (Å²) in [7, 11) is 1.61. The molecule has 158 valence electrons. The number of thioether (sulfide) groups is 1. The fourth-order valence-corrected chi connectivity index (χ4v) is 3.65. The number of anilines is 3. The van der Waals surface area contributed by atoms with Crippen molar-refractivity contribution in [3.63, 3.8) is 0 Å². The molecule has 4 rings (SSSR count). The zero-order valence-electron chi connectivity index (χ0n) is 17.3. The molecule has 0 aliphatic heterocycles. The molecule has 0 fully saturated rings. The van der Waals surface area contributed by atoms with Gasteiger partial charge in [-0.15, -0.1) is 5.10 Å². The van der Waals surface area contributed by atoms with Crippen molar-refractivity contribution >= 4 is 29.3 Å². The Morgan fingerprint density at radius 2 is 1.94 bits per heavy atom. The number of aromatic nitrogens is 7. The van der Waals surface area contributed by atoms with Crippen molar-refractivity contribution in [3.8, 4) is 11.4 Å². The van der Waals surface area contributed by atoms with Crippen molar-refractivity contribution in [1.82, 2.24) is 35.2 Å². The highest BCUT2D eigenvalue weighted by atomic mass is 32.2. The molecule has 0 radical (unpaired) electrons. The van der Waals surface area contributed by atoms with Crippen LogP contribution >= 0.6 is 11.8 Å². The summed E-state index contributed by atoms with van der Waals surface area (Å²) < 4.78 is 7.09. The van der Waals surface area contributed by atoms with Crippen LogP contribution in [0.4, 0.5) is 17.6 Å². The van der Waals surface area contributed by atoms with Gasteiger partial charge in [-0.2, -0.15) is 19.6 Å². The van der Waals surface area contributed by atoms with Gasteiger partial charge >= 0.3 is 0 Å². The molecule has 0 spiro atoms. The number of nitrogens with one attached hydrogen (secondary N) is 1. The van der Waals surface area contributed by atoms with Gasteiger partial charge < -0.3 is 15.8 Å². The molecular formula is C20H21N9OS. The first-order valence-electron chi connectivity index (χ1n) is 9.43. The number of benzene rings is 2. The minimum atomic E-state index is 0.140. The normalized spacial score (nSPS) is 10.8. The molecular weight excluding hydrogens is 414 g/mol. The van der Waals surface area contributed by atoms with E-state index in [1.807, 2.05) is 56.3 Å². The van der Waals surface area contributed by atoms with Crippen LogP contribution in [-0.2, 0) is 5.75 Å². The Morgan fingerprint density at radius 1 is 1.10 bits per heavy atom. The van der Waals surface area contributed by atoms with E-state index >= 15 is 0 Å². The Labute approximate surface area is 183 Å². The first-order valence-corrected chi connectivity index (χ1v) is 10.4. The van der Waals surface area contributed by atoms with Crippen molar-refractivity contribution < 1.29 is 4.74 Å². The smallest absolute Gasteiger partial charge is 0.232 e. The zero-order valence-corrected chi connectivity index (χ0v) is 18.1. The van der Waals surface area contributed by atoms with E-state index in [1.54, 1.807) is 11.8 Å². The van der Waals surface area contributed by atoms with Gasteiger partial charge in [0, 0.05) is 5.69 Å². The molecule has 2 aromatic carbocycles. The number of nitrogens with zero attached hydrogens (tertiary/aromatic N) is 7. The standard InChI is InChI=1S/C20H21N9OS/c1-12-8-9-16(30-3)15(10-12)29-20(26-27-28-29)31-11-17-23-18(21)25-19(24-17)22-14-7-5-4-6-13(14)2/h4-10H,11H2,1-3H3,(H3,21,22,23,24,25). The SMILES string of the molecule is COc1ccc(C)cc1-n1nnnc1SCc1nc(N)nc(Nc2ccccc2C)n1. The summed E-state index contributed by atoms with van der Waals surface area (Å²) in [5, 5.41) is 15.8. The maximum absolute atomic E-state index is 5.90. The highest BCUT2D eigenvalue weighted by Gasteiger charge is 2.15. The van der Waals surface area contributed by atoms with E-state index in [1.165, 1.54) is 11.8 Å². The summed E-state index contributed by atoms with van der Waals surface area (Å²) in [6.07, 6.45) is 0. The average Bonchev–Trinajstić information content (AvgIpc) is 3.22. The summed E-state index contributed by atoms with van der Waals surface area (Å²) in [6, 6.07) is 13.7. The third kappa shape index (κ3) is 4.72. The molecule has 0 aliphatic rings. The molecule has 0 aliphatic carbocycles. The van der Waals surface area contributed by atoms with E-state index in [0.29, 0.717) is 28.4 Å². The van der Waals surface area contributed by atoms with Crippen molar-refractivity contribution in [2.24, 2.45) is 0 Å². The number of hydrogen-bond acceptors (Lipinski definition) is 10. The minimum Gasteiger partial charge on any atom is -0.494 e. The van der Waals surface area contributed by atoms with Crippen LogP contribution in [-0.4, -0.2) is 42.3 Å². The van der Waals surface area contributed by atoms with Crippen LogP contribution in [0.3, 0.4) is 0 Å². The van der Waals surface area contributed by atoms with Crippen LogP contribution < -0.4 is 15.8 Å². The lowest BCUT2D eigenvalue weighted by Crippen LogP contribution is -2.07. The third-order valence-electron chi connectivity index (χ3n) is 4.42. The average molecular weight is 436 g/mol. The predicted molar refractivity (Wildman–Crippen MR) is 119 cm³/mol. The van der Waals surface area contributed by atoms with Gasteiger partial charge in [0.2, 0.25) is 17.1 Å². The zero-order chi connectivity index (χ0) is 21.8. The third-order valence-corrected chi connectivity index (χ3v) is 5.34. The highest BCUT2D eigenvalue weighted by Crippen LogP contribution is 2.28. The number of tetrazole rings is 1. The second-order valence-electron chi connectivity index (χ2n) is 6.71. The van der Waals surface area contributed by atoms with Gasteiger partial charge in [0.25, 0.3) is 0 Å². The van der Waals surface area contributed by atoms with Gasteiger partial charge in [-0.25, -0.2) is 0 Å². The monoisotopic (exact) mass is 435 g/mol. The van der Waals surface area contributed by atoms with Crippen LogP contribution in [0.2, 0.25) is 0 Å². The van der Waals surface area contributed by atoms with E-state index in [2.05, 4.69) is 35.8 Å². The van der Waals surface area contributed by atoms with Crippen LogP contribution in [0.5, 0.6) is 5.75 Å². The van der Waals surface area contributed by atoms with E-state index < -0.39 is 0 Å². The number of methoxy groups -OCH3 is 1. The molecule has 2 heterocycles. The lowest BCUT2D eigenvalue weighted by Gasteiger charge is -2.11. The Bertz CT molecular complexity index is 1210. The van der Waals surface area contributed by atoms with E-state index in [4.69, 9.17) is 10.5 Å². The van der Waals surface area contributed by atoms with Gasteiger partial charge in [0.1, 0.15) is 17.3 Å². The fourth-order valence-electron chi connectivity index (χ4n) is 2.91.